The molecule has 0 N–H and O–H groups in total. The summed E-state index contributed by atoms with van der Waals surface area (Å²) in [6.07, 6.45) is 0.565. The highest BCUT2D eigenvalue weighted by Crippen LogP contribution is 2.25. The lowest BCUT2D eigenvalue weighted by molar-refractivity contribution is 0.0979. The van der Waals surface area contributed by atoms with Crippen LogP contribution in [0.15, 0.2) is 60.7 Å². The fourth-order valence-electron chi connectivity index (χ4n) is 3.06. The number of pyridine rings is 1. The van der Waals surface area contributed by atoms with E-state index in [0.717, 1.165) is 0 Å². The Kier molecular flexibility index (Phi) is 4.54. The van der Waals surface area contributed by atoms with Crippen LogP contribution in [0.2, 0.25) is 0 Å². The van der Waals surface area contributed by atoms with Crippen molar-refractivity contribution in [2.24, 2.45) is 0 Å². The number of hydrogen-bond donors (Lipinski definition) is 0. The maximum absolute atomic E-state index is 13.2. The molecule has 1 aliphatic rings. The summed E-state index contributed by atoms with van der Waals surface area (Å²) in [7, 11) is 0. The highest BCUT2D eigenvalue weighted by atomic mass is 19.1. The molecule has 0 atom stereocenters. The number of benzene rings is 2. The fourth-order valence-corrected chi connectivity index (χ4v) is 3.06. The number of rotatable bonds is 4. The fraction of sp³-hybridized carbons (Fsp3) is 0.143. The second-order valence-corrected chi connectivity index (χ2v) is 6.25. The summed E-state index contributed by atoms with van der Waals surface area (Å²) >= 11 is 0. The van der Waals surface area contributed by atoms with Crippen LogP contribution >= 0.6 is 0 Å². The average molecular weight is 366 g/mol. The normalized spacial score (nSPS) is 13.4. The van der Waals surface area contributed by atoms with Gasteiger partial charge < -0.3 is 9.64 Å². The topological polar surface area (TPSA) is 42.4 Å². The molecule has 27 heavy (non-hydrogen) atoms. The van der Waals surface area contributed by atoms with E-state index in [1.54, 1.807) is 41.3 Å². The Hall–Kier alpha value is -3.28. The van der Waals surface area contributed by atoms with E-state index in [2.05, 4.69) is 4.98 Å². The first-order chi connectivity index (χ1) is 13.1. The van der Waals surface area contributed by atoms with E-state index in [4.69, 9.17) is 4.74 Å². The van der Waals surface area contributed by atoms with Crippen LogP contribution in [-0.2, 0) is 13.0 Å². The first-order valence-electron chi connectivity index (χ1n) is 8.55. The summed E-state index contributed by atoms with van der Waals surface area (Å²) in [5.41, 5.74) is 2.52. The first-order valence-corrected chi connectivity index (χ1v) is 8.55. The van der Waals surface area contributed by atoms with Crippen molar-refractivity contribution < 1.29 is 18.3 Å². The molecule has 0 unspecified atom stereocenters. The van der Waals surface area contributed by atoms with Crippen LogP contribution in [0.25, 0.3) is 0 Å². The molecule has 0 saturated heterocycles. The van der Waals surface area contributed by atoms with Gasteiger partial charge >= 0.3 is 0 Å². The largest absolute Gasteiger partial charge is 0.473 e. The molecular weight excluding hydrogens is 350 g/mol. The number of halogens is 2. The van der Waals surface area contributed by atoms with Gasteiger partial charge in [0, 0.05) is 24.7 Å². The molecule has 1 amide bonds. The van der Waals surface area contributed by atoms with E-state index >= 15 is 0 Å². The number of carbonyl (C=O) groups excluding carboxylic acids is 1. The van der Waals surface area contributed by atoms with Crippen LogP contribution in [0.1, 0.15) is 21.6 Å². The van der Waals surface area contributed by atoms with Crippen molar-refractivity contribution in [1.82, 2.24) is 4.98 Å². The highest BCUT2D eigenvalue weighted by molar-refractivity contribution is 6.07. The van der Waals surface area contributed by atoms with Gasteiger partial charge in [-0.3, -0.25) is 4.79 Å². The molecule has 2 aromatic carbocycles. The smallest absolute Gasteiger partial charge is 0.260 e. The van der Waals surface area contributed by atoms with Crippen molar-refractivity contribution in [2.75, 3.05) is 11.4 Å². The third-order valence-electron chi connectivity index (χ3n) is 4.41. The zero-order chi connectivity index (χ0) is 18.8. The summed E-state index contributed by atoms with van der Waals surface area (Å²) in [5, 5.41) is 0. The zero-order valence-electron chi connectivity index (χ0n) is 14.4. The number of amides is 1. The SMILES string of the molecule is O=C1c2ccc(OCc3cccc(F)c3)nc2CCN1c1ccc(F)cc1. The Bertz CT molecular complexity index is 990. The highest BCUT2D eigenvalue weighted by Gasteiger charge is 2.26. The van der Waals surface area contributed by atoms with Crippen LogP contribution in [-0.4, -0.2) is 17.4 Å². The molecule has 0 fully saturated rings. The second kappa shape index (κ2) is 7.15. The third-order valence-corrected chi connectivity index (χ3v) is 4.41. The lowest BCUT2D eigenvalue weighted by Gasteiger charge is -2.28. The maximum Gasteiger partial charge on any atom is 0.260 e. The molecule has 136 valence electrons. The van der Waals surface area contributed by atoms with Gasteiger partial charge in [0.1, 0.15) is 18.2 Å². The summed E-state index contributed by atoms with van der Waals surface area (Å²) in [6.45, 7) is 0.650. The van der Waals surface area contributed by atoms with Crippen molar-refractivity contribution in [1.29, 1.82) is 0 Å². The van der Waals surface area contributed by atoms with Gasteiger partial charge in [0.15, 0.2) is 0 Å². The maximum atomic E-state index is 13.2. The molecule has 4 rings (SSSR count). The third kappa shape index (κ3) is 3.65. The molecule has 0 aliphatic carbocycles. The van der Waals surface area contributed by atoms with E-state index in [0.29, 0.717) is 41.4 Å². The predicted molar refractivity (Wildman–Crippen MR) is 96.7 cm³/mol. The average Bonchev–Trinajstić information content (AvgIpc) is 2.68. The van der Waals surface area contributed by atoms with Gasteiger partial charge in [0.05, 0.1) is 11.3 Å². The molecule has 6 heteroatoms. The minimum Gasteiger partial charge on any atom is -0.473 e. The van der Waals surface area contributed by atoms with Crippen LogP contribution in [0.4, 0.5) is 14.5 Å². The summed E-state index contributed by atoms with van der Waals surface area (Å²) in [6, 6.07) is 15.3. The summed E-state index contributed by atoms with van der Waals surface area (Å²) in [4.78, 5) is 18.8. The van der Waals surface area contributed by atoms with Gasteiger partial charge in [-0.15, -0.1) is 0 Å². The Labute approximate surface area is 155 Å². The summed E-state index contributed by atoms with van der Waals surface area (Å²) in [5.74, 6) is -0.445. The minimum absolute atomic E-state index is 0.174. The number of anilines is 1. The molecular formula is C21H16F2N2O2. The molecule has 4 nitrogen and oxygen atoms in total. The lowest BCUT2D eigenvalue weighted by atomic mass is 10.0. The number of ether oxygens (including phenoxy) is 1. The van der Waals surface area contributed by atoms with E-state index in [1.807, 2.05) is 0 Å². The van der Waals surface area contributed by atoms with E-state index in [1.165, 1.54) is 24.3 Å². The molecule has 0 bridgehead atoms. The Morgan fingerprint density at radius 2 is 1.81 bits per heavy atom. The first kappa shape index (κ1) is 17.1. The van der Waals surface area contributed by atoms with Gasteiger partial charge in [-0.05, 0) is 48.0 Å². The van der Waals surface area contributed by atoms with Crippen LogP contribution < -0.4 is 9.64 Å². The van der Waals surface area contributed by atoms with Crippen LogP contribution in [0, 0.1) is 11.6 Å². The van der Waals surface area contributed by atoms with Gasteiger partial charge in [-0.1, -0.05) is 12.1 Å². The van der Waals surface area contributed by atoms with E-state index in [-0.39, 0.29) is 24.1 Å². The van der Waals surface area contributed by atoms with Gasteiger partial charge in [-0.2, -0.15) is 0 Å². The quantitative estimate of drug-likeness (QED) is 0.697. The van der Waals surface area contributed by atoms with Crippen molar-refractivity contribution in [2.45, 2.75) is 13.0 Å². The standard InChI is InChI=1S/C21H16F2N2O2/c22-15-4-6-17(7-5-15)25-11-10-19-18(21(25)26)8-9-20(24-19)27-13-14-2-1-3-16(23)12-14/h1-9,12H,10-11,13H2. The van der Waals surface area contributed by atoms with Crippen molar-refractivity contribution in [3.05, 3.63) is 89.1 Å². The Morgan fingerprint density at radius 1 is 1.00 bits per heavy atom. The second-order valence-electron chi connectivity index (χ2n) is 6.25. The number of carbonyl (C=O) groups is 1. The number of nitrogens with zero attached hydrogens (tertiary/aromatic N) is 2. The van der Waals surface area contributed by atoms with Crippen molar-refractivity contribution >= 4 is 11.6 Å². The monoisotopic (exact) mass is 366 g/mol. The van der Waals surface area contributed by atoms with Crippen LogP contribution in [0.5, 0.6) is 5.88 Å². The molecule has 0 spiro atoms. The molecule has 0 saturated carbocycles. The molecule has 2 heterocycles. The summed E-state index contributed by atoms with van der Waals surface area (Å²) < 4.78 is 32.0. The Balaban J connectivity index is 1.50. The molecule has 0 radical (unpaired) electrons. The van der Waals surface area contributed by atoms with Gasteiger partial charge in [-0.25, -0.2) is 13.8 Å². The zero-order valence-corrected chi connectivity index (χ0v) is 14.4. The lowest BCUT2D eigenvalue weighted by Crippen LogP contribution is -2.38. The van der Waals surface area contributed by atoms with Crippen LogP contribution in [0.3, 0.4) is 0 Å². The number of hydrogen-bond acceptors (Lipinski definition) is 3. The van der Waals surface area contributed by atoms with Crippen molar-refractivity contribution in [3.63, 3.8) is 0 Å². The molecule has 1 aliphatic heterocycles. The number of aromatic nitrogens is 1. The molecule has 3 aromatic rings. The van der Waals surface area contributed by atoms with E-state index < -0.39 is 0 Å². The minimum atomic E-state index is -0.342. The van der Waals surface area contributed by atoms with Crippen molar-refractivity contribution in [3.8, 4) is 5.88 Å². The van der Waals surface area contributed by atoms with Gasteiger partial charge in [0.25, 0.3) is 5.91 Å². The predicted octanol–water partition coefficient (Wildman–Crippen LogP) is 4.14. The van der Waals surface area contributed by atoms with Gasteiger partial charge in [0.2, 0.25) is 5.88 Å². The molecule has 1 aromatic heterocycles. The van der Waals surface area contributed by atoms with E-state index in [9.17, 15) is 13.6 Å². The number of fused-ring (bicyclic) bond motifs is 1. The Morgan fingerprint density at radius 3 is 2.59 bits per heavy atom.